The molecule has 3 nitrogen and oxygen atoms in total. The van der Waals surface area contributed by atoms with E-state index in [4.69, 9.17) is 11.6 Å². The summed E-state index contributed by atoms with van der Waals surface area (Å²) in [6.07, 6.45) is 3.58. The Morgan fingerprint density at radius 1 is 1.47 bits per heavy atom. The molecular weight excluding hydrogens is 241 g/mol. The van der Waals surface area contributed by atoms with Crippen molar-refractivity contribution in [1.82, 2.24) is 14.9 Å². The van der Waals surface area contributed by atoms with Crippen LogP contribution in [0.5, 0.6) is 0 Å². The number of aromatic nitrogens is 2. The van der Waals surface area contributed by atoms with Crippen LogP contribution in [0, 0.1) is 5.82 Å². The molecule has 0 bridgehead atoms. The lowest BCUT2D eigenvalue weighted by molar-refractivity contribution is 0.606. The molecule has 17 heavy (non-hydrogen) atoms. The molecule has 0 fully saturated rings. The fraction of sp³-hybridized carbons (Fsp3) is 0.250. The van der Waals surface area contributed by atoms with Gasteiger partial charge in [-0.2, -0.15) is 0 Å². The second kappa shape index (κ2) is 4.85. The van der Waals surface area contributed by atoms with Gasteiger partial charge >= 0.3 is 0 Å². The second-order valence-electron chi connectivity index (χ2n) is 3.78. The van der Waals surface area contributed by atoms with Crippen molar-refractivity contribution in [3.63, 3.8) is 0 Å². The fourth-order valence-corrected chi connectivity index (χ4v) is 2.09. The van der Waals surface area contributed by atoms with E-state index in [1.807, 2.05) is 24.9 Å². The Kier molecular flexibility index (Phi) is 3.45. The van der Waals surface area contributed by atoms with Crippen LogP contribution < -0.4 is 5.32 Å². The molecule has 5 heteroatoms. The van der Waals surface area contributed by atoms with Crippen molar-refractivity contribution in [2.75, 3.05) is 7.05 Å². The number of hydrogen-bond donors (Lipinski definition) is 1. The summed E-state index contributed by atoms with van der Waals surface area (Å²) in [5.74, 6) is 0.495. The van der Waals surface area contributed by atoms with E-state index < -0.39 is 0 Å². The number of hydrogen-bond acceptors (Lipinski definition) is 2. The number of halogens is 2. The van der Waals surface area contributed by atoms with Crippen molar-refractivity contribution in [3.8, 4) is 0 Å². The van der Waals surface area contributed by atoms with Crippen molar-refractivity contribution in [2.24, 2.45) is 7.05 Å². The zero-order valence-corrected chi connectivity index (χ0v) is 10.4. The summed E-state index contributed by atoms with van der Waals surface area (Å²) in [6, 6.07) is 4.23. The summed E-state index contributed by atoms with van der Waals surface area (Å²) >= 11 is 6.06. The first kappa shape index (κ1) is 12.1. The SMILES string of the molecule is CNC(c1ccc(F)cc1Cl)c1nccn1C. The third kappa shape index (κ3) is 2.33. The average molecular weight is 254 g/mol. The molecule has 0 saturated heterocycles. The first-order chi connectivity index (χ1) is 8.13. The molecule has 0 aliphatic carbocycles. The van der Waals surface area contributed by atoms with Gasteiger partial charge in [0.15, 0.2) is 0 Å². The smallest absolute Gasteiger partial charge is 0.130 e. The molecule has 0 saturated carbocycles. The van der Waals surface area contributed by atoms with E-state index in [9.17, 15) is 4.39 Å². The molecule has 2 aromatic rings. The highest BCUT2D eigenvalue weighted by Crippen LogP contribution is 2.27. The Labute approximate surface area is 104 Å². The predicted molar refractivity (Wildman–Crippen MR) is 65.5 cm³/mol. The van der Waals surface area contributed by atoms with Crippen molar-refractivity contribution >= 4 is 11.6 Å². The van der Waals surface area contributed by atoms with Crippen molar-refractivity contribution in [1.29, 1.82) is 0 Å². The number of nitrogens with zero attached hydrogens (tertiary/aromatic N) is 2. The van der Waals surface area contributed by atoms with Crippen LogP contribution in [-0.2, 0) is 7.05 Å². The highest BCUT2D eigenvalue weighted by Gasteiger charge is 2.19. The molecule has 1 heterocycles. The predicted octanol–water partition coefficient (Wildman–Crippen LogP) is 2.52. The van der Waals surface area contributed by atoms with Crippen LogP contribution in [0.2, 0.25) is 5.02 Å². The van der Waals surface area contributed by atoms with Crippen LogP contribution in [0.3, 0.4) is 0 Å². The Bertz CT molecular complexity index is 524. The average Bonchev–Trinajstić information content (AvgIpc) is 2.69. The number of rotatable bonds is 3. The topological polar surface area (TPSA) is 29.9 Å². The van der Waals surface area contributed by atoms with Crippen LogP contribution in [0.15, 0.2) is 30.6 Å². The first-order valence-electron chi connectivity index (χ1n) is 5.23. The van der Waals surface area contributed by atoms with Crippen LogP contribution in [0.4, 0.5) is 4.39 Å². The Morgan fingerprint density at radius 3 is 2.76 bits per heavy atom. The zero-order valence-electron chi connectivity index (χ0n) is 9.61. The summed E-state index contributed by atoms with van der Waals surface area (Å²) in [5, 5.41) is 3.53. The van der Waals surface area contributed by atoms with Crippen LogP contribution in [0.1, 0.15) is 17.4 Å². The third-order valence-electron chi connectivity index (χ3n) is 2.68. The molecule has 0 aliphatic rings. The quantitative estimate of drug-likeness (QED) is 0.911. The molecule has 1 atom stereocenters. The van der Waals surface area contributed by atoms with E-state index >= 15 is 0 Å². The van der Waals surface area contributed by atoms with E-state index in [1.54, 1.807) is 12.3 Å². The van der Waals surface area contributed by atoms with Gasteiger partial charge < -0.3 is 9.88 Å². The lowest BCUT2D eigenvalue weighted by atomic mass is 10.1. The molecule has 0 radical (unpaired) electrons. The van der Waals surface area contributed by atoms with Gasteiger partial charge in [-0.1, -0.05) is 17.7 Å². The van der Waals surface area contributed by atoms with E-state index in [0.717, 1.165) is 11.4 Å². The molecule has 0 aliphatic heterocycles. The zero-order chi connectivity index (χ0) is 12.4. The van der Waals surface area contributed by atoms with Crippen LogP contribution in [-0.4, -0.2) is 16.6 Å². The number of imidazole rings is 1. The maximum Gasteiger partial charge on any atom is 0.130 e. The Balaban J connectivity index is 2.46. The minimum Gasteiger partial charge on any atom is -0.336 e. The highest BCUT2D eigenvalue weighted by atomic mass is 35.5. The summed E-state index contributed by atoms with van der Waals surface area (Å²) in [6.45, 7) is 0. The summed E-state index contributed by atoms with van der Waals surface area (Å²) in [7, 11) is 3.73. The van der Waals surface area contributed by atoms with Crippen LogP contribution >= 0.6 is 11.6 Å². The minimum absolute atomic E-state index is 0.150. The lowest BCUT2D eigenvalue weighted by Gasteiger charge is -2.17. The van der Waals surface area contributed by atoms with E-state index in [-0.39, 0.29) is 11.9 Å². The Morgan fingerprint density at radius 2 is 2.24 bits per heavy atom. The monoisotopic (exact) mass is 253 g/mol. The molecule has 90 valence electrons. The highest BCUT2D eigenvalue weighted by molar-refractivity contribution is 6.31. The number of nitrogens with one attached hydrogen (secondary N) is 1. The summed E-state index contributed by atoms with van der Waals surface area (Å²) < 4.78 is 14.9. The number of aryl methyl sites for hydroxylation is 1. The largest absolute Gasteiger partial charge is 0.336 e. The van der Waals surface area contributed by atoms with Crippen molar-refractivity contribution < 1.29 is 4.39 Å². The molecule has 1 aromatic carbocycles. The maximum absolute atomic E-state index is 13.0. The molecule has 1 aromatic heterocycles. The van der Waals surface area contributed by atoms with Crippen molar-refractivity contribution in [2.45, 2.75) is 6.04 Å². The van der Waals surface area contributed by atoms with E-state index in [1.165, 1.54) is 12.1 Å². The van der Waals surface area contributed by atoms with Gasteiger partial charge in [0.05, 0.1) is 6.04 Å². The molecule has 1 unspecified atom stereocenters. The summed E-state index contributed by atoms with van der Waals surface area (Å²) in [5.41, 5.74) is 0.810. The summed E-state index contributed by atoms with van der Waals surface area (Å²) in [4.78, 5) is 4.27. The van der Waals surface area contributed by atoms with Gasteiger partial charge in [-0.25, -0.2) is 9.37 Å². The minimum atomic E-state index is -0.339. The Hall–Kier alpha value is -1.39. The molecular formula is C12H13ClFN3. The number of benzene rings is 1. The standard InChI is InChI=1S/C12H13ClFN3/c1-15-11(12-16-5-6-17(12)2)9-4-3-8(14)7-10(9)13/h3-7,11,15H,1-2H3. The van der Waals surface area contributed by atoms with Gasteiger partial charge in [-0.05, 0) is 24.7 Å². The molecule has 0 amide bonds. The molecule has 0 spiro atoms. The van der Waals surface area contributed by atoms with Crippen molar-refractivity contribution in [3.05, 3.63) is 52.8 Å². The van der Waals surface area contributed by atoms with Gasteiger partial charge in [-0.3, -0.25) is 0 Å². The first-order valence-corrected chi connectivity index (χ1v) is 5.60. The van der Waals surface area contributed by atoms with E-state index in [0.29, 0.717) is 5.02 Å². The second-order valence-corrected chi connectivity index (χ2v) is 4.19. The van der Waals surface area contributed by atoms with Gasteiger partial charge in [0.25, 0.3) is 0 Å². The van der Waals surface area contributed by atoms with Crippen LogP contribution in [0.25, 0.3) is 0 Å². The van der Waals surface area contributed by atoms with Gasteiger partial charge in [0, 0.05) is 24.5 Å². The normalized spacial score (nSPS) is 12.7. The van der Waals surface area contributed by atoms with E-state index in [2.05, 4.69) is 10.3 Å². The lowest BCUT2D eigenvalue weighted by Crippen LogP contribution is -2.21. The fourth-order valence-electron chi connectivity index (χ4n) is 1.81. The maximum atomic E-state index is 13.0. The molecule has 1 N–H and O–H groups in total. The third-order valence-corrected chi connectivity index (χ3v) is 3.01. The van der Waals surface area contributed by atoms with Gasteiger partial charge in [0.1, 0.15) is 11.6 Å². The molecule has 2 rings (SSSR count). The van der Waals surface area contributed by atoms with Gasteiger partial charge in [0.2, 0.25) is 0 Å². The van der Waals surface area contributed by atoms with Gasteiger partial charge in [-0.15, -0.1) is 0 Å².